The number of rotatable bonds is 3. The summed E-state index contributed by atoms with van der Waals surface area (Å²) in [7, 11) is 2.02. The van der Waals surface area contributed by atoms with Crippen LogP contribution in [-0.4, -0.2) is 31.1 Å². The van der Waals surface area contributed by atoms with Crippen molar-refractivity contribution in [1.29, 1.82) is 0 Å². The van der Waals surface area contributed by atoms with Gasteiger partial charge in [-0.15, -0.1) is 0 Å². The van der Waals surface area contributed by atoms with Crippen molar-refractivity contribution in [2.24, 2.45) is 5.92 Å². The van der Waals surface area contributed by atoms with Gasteiger partial charge in [0.1, 0.15) is 0 Å². The molecular weight excluding hydrogens is 255 g/mol. The SMILES string of the molecule is CNC1CN(Cc2c(Cl)cccc2Cl)CC1C. The number of likely N-dealkylation sites (tertiary alicyclic amines) is 1. The molecule has 1 aromatic rings. The van der Waals surface area contributed by atoms with Gasteiger partial charge >= 0.3 is 0 Å². The Balaban J connectivity index is 2.07. The van der Waals surface area contributed by atoms with Crippen molar-refractivity contribution < 1.29 is 0 Å². The molecule has 4 heteroatoms. The Hall–Kier alpha value is -0.280. The maximum Gasteiger partial charge on any atom is 0.0465 e. The number of hydrogen-bond acceptors (Lipinski definition) is 2. The highest BCUT2D eigenvalue weighted by atomic mass is 35.5. The summed E-state index contributed by atoms with van der Waals surface area (Å²) in [5.41, 5.74) is 1.04. The normalized spacial score (nSPS) is 25.4. The highest BCUT2D eigenvalue weighted by Gasteiger charge is 2.28. The van der Waals surface area contributed by atoms with E-state index in [1.807, 2.05) is 25.2 Å². The van der Waals surface area contributed by atoms with E-state index in [1.165, 1.54) is 0 Å². The van der Waals surface area contributed by atoms with Gasteiger partial charge in [0.2, 0.25) is 0 Å². The molecule has 0 saturated carbocycles. The summed E-state index contributed by atoms with van der Waals surface area (Å²) in [6.07, 6.45) is 0. The van der Waals surface area contributed by atoms with E-state index in [1.54, 1.807) is 0 Å². The van der Waals surface area contributed by atoms with Crippen LogP contribution in [0.5, 0.6) is 0 Å². The van der Waals surface area contributed by atoms with Crippen molar-refractivity contribution in [3.63, 3.8) is 0 Å². The van der Waals surface area contributed by atoms with Gasteiger partial charge in [-0.05, 0) is 25.1 Å². The molecule has 2 atom stereocenters. The van der Waals surface area contributed by atoms with Crippen LogP contribution in [0.2, 0.25) is 10.0 Å². The summed E-state index contributed by atoms with van der Waals surface area (Å²) in [6, 6.07) is 6.25. The van der Waals surface area contributed by atoms with Gasteiger partial charge in [-0.2, -0.15) is 0 Å². The maximum absolute atomic E-state index is 6.19. The lowest BCUT2D eigenvalue weighted by molar-refractivity contribution is 0.317. The van der Waals surface area contributed by atoms with Crippen molar-refractivity contribution in [3.05, 3.63) is 33.8 Å². The zero-order chi connectivity index (χ0) is 12.4. The Morgan fingerprint density at radius 3 is 2.47 bits per heavy atom. The standard InChI is InChI=1S/C13H18Cl2N2/c1-9-6-17(8-13(9)16-2)7-10-11(14)4-3-5-12(10)15/h3-5,9,13,16H,6-8H2,1-2H3. The van der Waals surface area contributed by atoms with Gasteiger partial charge < -0.3 is 5.32 Å². The molecule has 0 radical (unpaired) electrons. The third-order valence-corrected chi connectivity index (χ3v) is 4.21. The summed E-state index contributed by atoms with van der Waals surface area (Å²) in [5.74, 6) is 0.668. The summed E-state index contributed by atoms with van der Waals surface area (Å²) >= 11 is 12.4. The van der Waals surface area contributed by atoms with Gasteiger partial charge in [0, 0.05) is 41.3 Å². The number of halogens is 2. The Morgan fingerprint density at radius 2 is 1.94 bits per heavy atom. The number of benzene rings is 1. The lowest BCUT2D eigenvalue weighted by Crippen LogP contribution is -2.32. The Morgan fingerprint density at radius 1 is 1.29 bits per heavy atom. The van der Waals surface area contributed by atoms with Crippen LogP contribution in [0.25, 0.3) is 0 Å². The Kier molecular flexibility index (Phi) is 4.31. The average Bonchev–Trinajstić information content (AvgIpc) is 2.64. The van der Waals surface area contributed by atoms with Crippen LogP contribution in [-0.2, 0) is 6.54 Å². The predicted octanol–water partition coefficient (Wildman–Crippen LogP) is 3.03. The molecule has 1 aliphatic heterocycles. The quantitative estimate of drug-likeness (QED) is 0.910. The Bertz CT molecular complexity index is 375. The summed E-state index contributed by atoms with van der Waals surface area (Å²) in [5, 5.41) is 4.88. The van der Waals surface area contributed by atoms with Gasteiger partial charge in [-0.1, -0.05) is 36.2 Å². The first-order chi connectivity index (χ1) is 8.11. The molecule has 2 rings (SSSR count). The maximum atomic E-state index is 6.19. The van der Waals surface area contributed by atoms with Crippen molar-refractivity contribution in [3.8, 4) is 0 Å². The molecule has 0 spiro atoms. The van der Waals surface area contributed by atoms with Gasteiger partial charge in [0.05, 0.1) is 0 Å². The molecule has 1 saturated heterocycles. The van der Waals surface area contributed by atoms with E-state index in [2.05, 4.69) is 17.1 Å². The molecule has 0 bridgehead atoms. The number of nitrogens with one attached hydrogen (secondary N) is 1. The largest absolute Gasteiger partial charge is 0.315 e. The van der Waals surface area contributed by atoms with Crippen LogP contribution in [0.4, 0.5) is 0 Å². The molecule has 1 N–H and O–H groups in total. The molecule has 17 heavy (non-hydrogen) atoms. The Labute approximate surface area is 113 Å². The molecule has 0 aromatic heterocycles. The zero-order valence-corrected chi connectivity index (χ0v) is 11.7. The van der Waals surface area contributed by atoms with E-state index in [4.69, 9.17) is 23.2 Å². The second-order valence-corrected chi connectivity index (χ2v) is 5.58. The van der Waals surface area contributed by atoms with Gasteiger partial charge in [-0.25, -0.2) is 0 Å². The second kappa shape index (κ2) is 5.57. The van der Waals surface area contributed by atoms with Crippen molar-refractivity contribution in [1.82, 2.24) is 10.2 Å². The molecule has 0 aliphatic carbocycles. The first-order valence-corrected chi connectivity index (χ1v) is 6.70. The van der Waals surface area contributed by atoms with E-state index < -0.39 is 0 Å². The van der Waals surface area contributed by atoms with Crippen molar-refractivity contribution in [2.45, 2.75) is 19.5 Å². The molecule has 0 amide bonds. The fourth-order valence-electron chi connectivity index (χ4n) is 2.48. The minimum Gasteiger partial charge on any atom is -0.315 e. The van der Waals surface area contributed by atoms with E-state index in [0.717, 1.165) is 35.2 Å². The number of nitrogens with zero attached hydrogens (tertiary/aromatic N) is 1. The lowest BCUT2D eigenvalue weighted by Gasteiger charge is -2.17. The molecule has 1 heterocycles. The zero-order valence-electron chi connectivity index (χ0n) is 10.2. The third kappa shape index (κ3) is 2.94. The van der Waals surface area contributed by atoms with Crippen molar-refractivity contribution in [2.75, 3.05) is 20.1 Å². The molecule has 94 valence electrons. The van der Waals surface area contributed by atoms with E-state index in [9.17, 15) is 0 Å². The summed E-state index contributed by atoms with van der Waals surface area (Å²) < 4.78 is 0. The molecule has 1 fully saturated rings. The molecule has 2 unspecified atom stereocenters. The van der Waals surface area contributed by atoms with Crippen LogP contribution in [0.1, 0.15) is 12.5 Å². The van der Waals surface area contributed by atoms with Gasteiger partial charge in [0.25, 0.3) is 0 Å². The van der Waals surface area contributed by atoms with Crippen molar-refractivity contribution >= 4 is 23.2 Å². The second-order valence-electron chi connectivity index (χ2n) is 4.77. The number of hydrogen-bond donors (Lipinski definition) is 1. The average molecular weight is 273 g/mol. The fraction of sp³-hybridized carbons (Fsp3) is 0.538. The van der Waals surface area contributed by atoms with Crippen LogP contribution in [0.15, 0.2) is 18.2 Å². The highest BCUT2D eigenvalue weighted by molar-refractivity contribution is 6.35. The van der Waals surface area contributed by atoms with Gasteiger partial charge in [0.15, 0.2) is 0 Å². The van der Waals surface area contributed by atoms with Crippen LogP contribution in [0.3, 0.4) is 0 Å². The topological polar surface area (TPSA) is 15.3 Å². The number of likely N-dealkylation sites (N-methyl/N-ethyl adjacent to an activating group) is 1. The smallest absolute Gasteiger partial charge is 0.0465 e. The third-order valence-electron chi connectivity index (χ3n) is 3.50. The van der Waals surface area contributed by atoms with Crippen LogP contribution < -0.4 is 5.32 Å². The first-order valence-electron chi connectivity index (χ1n) is 5.94. The molecular formula is C13H18Cl2N2. The minimum absolute atomic E-state index is 0.566. The fourth-order valence-corrected chi connectivity index (χ4v) is 3.00. The molecule has 2 nitrogen and oxygen atoms in total. The lowest BCUT2D eigenvalue weighted by atomic mass is 10.1. The van der Waals surface area contributed by atoms with Crippen LogP contribution >= 0.6 is 23.2 Å². The minimum atomic E-state index is 0.566. The highest BCUT2D eigenvalue weighted by Crippen LogP contribution is 2.27. The summed E-state index contributed by atoms with van der Waals surface area (Å²) in [4.78, 5) is 2.40. The summed E-state index contributed by atoms with van der Waals surface area (Å²) in [6.45, 7) is 5.25. The predicted molar refractivity (Wildman–Crippen MR) is 73.8 cm³/mol. The monoisotopic (exact) mass is 272 g/mol. The first kappa shape index (κ1) is 13.2. The molecule has 1 aromatic carbocycles. The molecule has 1 aliphatic rings. The van der Waals surface area contributed by atoms with E-state index in [0.29, 0.717) is 12.0 Å². The van der Waals surface area contributed by atoms with Crippen LogP contribution in [0, 0.1) is 5.92 Å². The van der Waals surface area contributed by atoms with E-state index in [-0.39, 0.29) is 0 Å². The van der Waals surface area contributed by atoms with Gasteiger partial charge in [-0.3, -0.25) is 4.90 Å². The van der Waals surface area contributed by atoms with E-state index >= 15 is 0 Å².